The number of ether oxygens (including phenoxy) is 2. The summed E-state index contributed by atoms with van der Waals surface area (Å²) in [6, 6.07) is 0.481. The van der Waals surface area contributed by atoms with Crippen molar-refractivity contribution in [3.63, 3.8) is 0 Å². The molecule has 296 valence electrons. The second-order valence-electron chi connectivity index (χ2n) is 15.6. The summed E-state index contributed by atoms with van der Waals surface area (Å²) in [5, 5.41) is 9.74. The van der Waals surface area contributed by atoms with Gasteiger partial charge in [-0.05, 0) is 83.1 Å². The van der Waals surface area contributed by atoms with Crippen molar-refractivity contribution in [3.8, 4) is 0 Å². The largest absolute Gasteiger partial charge is 0.466 e. The van der Waals surface area contributed by atoms with Gasteiger partial charge in [-0.25, -0.2) is 0 Å². The minimum absolute atomic E-state index is 0.0116. The van der Waals surface area contributed by atoms with E-state index in [0.717, 1.165) is 77.3 Å². The minimum Gasteiger partial charge on any atom is -0.466 e. The first-order valence-electron chi connectivity index (χ1n) is 22.3. The number of aliphatic hydroxyl groups excluding tert-OH is 1. The number of nitrogens with zero attached hydrogens (tertiary/aromatic N) is 1. The Morgan fingerprint density at radius 2 is 1.12 bits per heavy atom. The van der Waals surface area contributed by atoms with Crippen LogP contribution in [0.2, 0.25) is 0 Å². The normalized spacial score (nSPS) is 16.7. The van der Waals surface area contributed by atoms with E-state index in [1.807, 2.05) is 0 Å². The van der Waals surface area contributed by atoms with Crippen LogP contribution in [0.5, 0.6) is 0 Å². The van der Waals surface area contributed by atoms with Gasteiger partial charge in [0.1, 0.15) is 6.10 Å². The molecule has 0 spiro atoms. The average Bonchev–Trinajstić information content (AvgIpc) is 3.11. The molecule has 1 N–H and O–H groups in total. The summed E-state index contributed by atoms with van der Waals surface area (Å²) in [6.45, 7) is 9.34. The number of carbonyl (C=O) groups excluding carboxylic acids is 2. The lowest BCUT2D eigenvalue weighted by Gasteiger charge is -2.41. The van der Waals surface area contributed by atoms with Gasteiger partial charge in [-0.1, -0.05) is 143 Å². The summed E-state index contributed by atoms with van der Waals surface area (Å²) in [6.07, 6.45) is 36.9. The zero-order valence-corrected chi connectivity index (χ0v) is 33.7. The predicted octanol–water partition coefficient (Wildman–Crippen LogP) is 12.3. The highest BCUT2D eigenvalue weighted by Crippen LogP contribution is 2.31. The fourth-order valence-corrected chi connectivity index (χ4v) is 7.98. The average molecular weight is 708 g/mol. The monoisotopic (exact) mass is 708 g/mol. The summed E-state index contributed by atoms with van der Waals surface area (Å²) in [7, 11) is 0. The third kappa shape index (κ3) is 26.6. The van der Waals surface area contributed by atoms with Gasteiger partial charge in [-0.2, -0.15) is 0 Å². The second kappa shape index (κ2) is 34.9. The second-order valence-corrected chi connectivity index (χ2v) is 15.6. The molecule has 2 atom stereocenters. The summed E-state index contributed by atoms with van der Waals surface area (Å²) in [5.74, 6) is 0.598. The van der Waals surface area contributed by atoms with E-state index in [0.29, 0.717) is 31.4 Å². The lowest BCUT2D eigenvalue weighted by molar-refractivity contribution is -0.150. The molecule has 1 fully saturated rings. The first-order valence-corrected chi connectivity index (χ1v) is 22.3. The van der Waals surface area contributed by atoms with Gasteiger partial charge in [0.15, 0.2) is 0 Å². The fraction of sp³-hybridized carbons (Fsp3) is 0.955. The van der Waals surface area contributed by atoms with Crippen LogP contribution in [0.15, 0.2) is 0 Å². The Hall–Kier alpha value is -1.14. The van der Waals surface area contributed by atoms with E-state index in [4.69, 9.17) is 9.47 Å². The van der Waals surface area contributed by atoms with Crippen LogP contribution in [-0.2, 0) is 19.1 Å². The van der Waals surface area contributed by atoms with Crippen molar-refractivity contribution in [2.24, 2.45) is 5.92 Å². The standard InChI is InChI=1S/C44H85NO5/c1-4-7-10-13-16-19-27-39-49-43(47)34-26-25-33-42-40(30-28-36-45(42)37-38-46)29-21-20-24-35-44(48)50-41(31-22-17-14-11-8-5-2)32-23-18-15-12-9-6-3/h40-42,46H,4-39H2,1-3H3. The van der Waals surface area contributed by atoms with E-state index < -0.39 is 0 Å². The number of hydrogen-bond donors (Lipinski definition) is 1. The maximum absolute atomic E-state index is 12.9. The van der Waals surface area contributed by atoms with Crippen LogP contribution in [0.25, 0.3) is 0 Å². The summed E-state index contributed by atoms with van der Waals surface area (Å²) in [5.41, 5.74) is 0. The van der Waals surface area contributed by atoms with Gasteiger partial charge in [0.2, 0.25) is 0 Å². The molecule has 0 aromatic carbocycles. The lowest BCUT2D eigenvalue weighted by Crippen LogP contribution is -2.46. The molecule has 6 nitrogen and oxygen atoms in total. The molecule has 0 bridgehead atoms. The molecule has 2 unspecified atom stereocenters. The summed E-state index contributed by atoms with van der Waals surface area (Å²) in [4.78, 5) is 27.7. The van der Waals surface area contributed by atoms with Gasteiger partial charge in [-0.3, -0.25) is 14.5 Å². The van der Waals surface area contributed by atoms with Gasteiger partial charge < -0.3 is 14.6 Å². The van der Waals surface area contributed by atoms with E-state index >= 15 is 0 Å². The molecule has 1 saturated heterocycles. The topological polar surface area (TPSA) is 76.1 Å². The summed E-state index contributed by atoms with van der Waals surface area (Å²) < 4.78 is 11.6. The van der Waals surface area contributed by atoms with Crippen molar-refractivity contribution < 1.29 is 24.2 Å². The van der Waals surface area contributed by atoms with Crippen LogP contribution in [-0.4, -0.2) is 60.4 Å². The number of piperidine rings is 1. The van der Waals surface area contributed by atoms with Gasteiger partial charge in [0.05, 0.1) is 13.2 Å². The van der Waals surface area contributed by atoms with Crippen LogP contribution < -0.4 is 0 Å². The van der Waals surface area contributed by atoms with Gasteiger partial charge in [0.25, 0.3) is 0 Å². The zero-order chi connectivity index (χ0) is 36.3. The van der Waals surface area contributed by atoms with Gasteiger partial charge >= 0.3 is 11.9 Å². The molecule has 50 heavy (non-hydrogen) atoms. The highest BCUT2D eigenvalue weighted by Gasteiger charge is 2.30. The van der Waals surface area contributed by atoms with Gasteiger partial charge in [-0.15, -0.1) is 0 Å². The Morgan fingerprint density at radius 1 is 0.620 bits per heavy atom. The highest BCUT2D eigenvalue weighted by molar-refractivity contribution is 5.69. The Morgan fingerprint density at radius 3 is 1.72 bits per heavy atom. The first-order chi connectivity index (χ1) is 24.5. The molecule has 1 aliphatic rings. The molecule has 0 radical (unpaired) electrons. The van der Waals surface area contributed by atoms with Crippen LogP contribution in [0.3, 0.4) is 0 Å². The molecule has 1 heterocycles. The molecule has 0 saturated carbocycles. The zero-order valence-electron chi connectivity index (χ0n) is 33.7. The lowest BCUT2D eigenvalue weighted by atomic mass is 9.82. The smallest absolute Gasteiger partial charge is 0.306 e. The van der Waals surface area contributed by atoms with E-state index in [9.17, 15) is 14.7 Å². The number of esters is 2. The van der Waals surface area contributed by atoms with Crippen molar-refractivity contribution in [1.29, 1.82) is 0 Å². The Bertz CT molecular complexity index is 743. The van der Waals surface area contributed by atoms with E-state index in [1.165, 1.54) is 128 Å². The fourth-order valence-electron chi connectivity index (χ4n) is 7.98. The third-order valence-corrected chi connectivity index (χ3v) is 11.1. The maximum Gasteiger partial charge on any atom is 0.306 e. The number of aliphatic hydroxyl groups is 1. The van der Waals surface area contributed by atoms with Crippen LogP contribution >= 0.6 is 0 Å². The number of rotatable bonds is 36. The first kappa shape index (κ1) is 46.9. The molecule has 0 amide bonds. The van der Waals surface area contributed by atoms with Crippen molar-refractivity contribution >= 4 is 11.9 Å². The Kier molecular flexibility index (Phi) is 32.7. The maximum atomic E-state index is 12.9. The third-order valence-electron chi connectivity index (χ3n) is 11.1. The number of unbranched alkanes of at least 4 members (excludes halogenated alkanes) is 19. The van der Waals surface area contributed by atoms with Crippen LogP contribution in [0.1, 0.15) is 226 Å². The Labute approximate surface area is 311 Å². The number of hydrogen-bond acceptors (Lipinski definition) is 6. The van der Waals surface area contributed by atoms with Crippen molar-refractivity contribution in [1.82, 2.24) is 4.90 Å². The predicted molar refractivity (Wildman–Crippen MR) is 212 cm³/mol. The molecule has 0 aromatic rings. The minimum atomic E-state index is -0.0435. The van der Waals surface area contributed by atoms with Crippen LogP contribution in [0.4, 0.5) is 0 Å². The number of β-amino-alcohol motifs (C(OH)–C–C–N with tert-alkyl or cyclic N) is 1. The van der Waals surface area contributed by atoms with E-state index in [1.54, 1.807) is 0 Å². The molecule has 0 aromatic heterocycles. The van der Waals surface area contributed by atoms with Gasteiger partial charge in [0, 0.05) is 25.4 Å². The SMILES string of the molecule is CCCCCCCCCOC(=O)CCCCC1C(CCCCCC(=O)OC(CCCCCCCC)CCCCCCCC)CCCN1CCO. The van der Waals surface area contributed by atoms with Crippen molar-refractivity contribution in [2.45, 2.75) is 238 Å². The number of carbonyl (C=O) groups is 2. The van der Waals surface area contributed by atoms with Crippen molar-refractivity contribution in [2.75, 3.05) is 26.3 Å². The number of likely N-dealkylation sites (tertiary alicyclic amines) is 1. The van der Waals surface area contributed by atoms with Crippen molar-refractivity contribution in [3.05, 3.63) is 0 Å². The quantitative estimate of drug-likeness (QED) is 0.0516. The highest BCUT2D eigenvalue weighted by atomic mass is 16.5. The summed E-state index contributed by atoms with van der Waals surface area (Å²) >= 11 is 0. The molecular weight excluding hydrogens is 622 g/mol. The van der Waals surface area contributed by atoms with E-state index in [-0.39, 0.29) is 24.6 Å². The molecule has 6 heteroatoms. The van der Waals surface area contributed by atoms with E-state index in [2.05, 4.69) is 25.7 Å². The van der Waals surface area contributed by atoms with Crippen LogP contribution in [0, 0.1) is 5.92 Å². The molecule has 1 aliphatic heterocycles. The molecule has 0 aliphatic carbocycles. The molecular formula is C44H85NO5. The Balaban J connectivity index is 2.36. The molecule has 1 rings (SSSR count).